The molecule has 0 aromatic carbocycles. The molecule has 2 unspecified atom stereocenters. The number of aromatic nitrogens is 4. The van der Waals surface area contributed by atoms with Gasteiger partial charge in [0.15, 0.2) is 11.9 Å². The van der Waals surface area contributed by atoms with Gasteiger partial charge in [-0.25, -0.2) is 9.97 Å². The van der Waals surface area contributed by atoms with Crippen molar-refractivity contribution in [3.8, 4) is 0 Å². The molecule has 0 bridgehead atoms. The third kappa shape index (κ3) is 4.38. The Bertz CT molecular complexity index is 714. The highest BCUT2D eigenvalue weighted by molar-refractivity contribution is 5.71. The van der Waals surface area contributed by atoms with Crippen molar-refractivity contribution in [3.05, 3.63) is 12.5 Å². The van der Waals surface area contributed by atoms with E-state index in [9.17, 15) is 9.59 Å². The van der Waals surface area contributed by atoms with E-state index in [1.165, 1.54) is 26.4 Å². The molecule has 0 aliphatic rings. The van der Waals surface area contributed by atoms with E-state index in [2.05, 4.69) is 15.0 Å². The molecule has 0 aliphatic carbocycles. The molecule has 0 amide bonds. The first-order valence-corrected chi connectivity index (χ1v) is 7.12. The molecule has 0 aliphatic heterocycles. The summed E-state index contributed by atoms with van der Waals surface area (Å²) in [5, 5.41) is 0. The number of rotatable bonds is 6. The van der Waals surface area contributed by atoms with Gasteiger partial charge in [0.25, 0.3) is 0 Å². The second kappa shape index (κ2) is 7.03. The lowest BCUT2D eigenvalue weighted by Crippen LogP contribution is -2.21. The van der Waals surface area contributed by atoms with Crippen molar-refractivity contribution in [1.82, 2.24) is 19.5 Å². The summed E-state index contributed by atoms with van der Waals surface area (Å²) in [5.41, 5.74) is 6.63. The lowest BCUT2D eigenvalue weighted by molar-refractivity contribution is -0.153. The van der Waals surface area contributed by atoms with E-state index in [4.69, 9.17) is 15.2 Å². The summed E-state index contributed by atoms with van der Waals surface area (Å²) in [7, 11) is 0. The quantitative estimate of drug-likeness (QED) is 0.784. The van der Waals surface area contributed by atoms with Crippen LogP contribution in [-0.2, 0) is 19.1 Å². The Kier molecular flexibility index (Phi) is 5.09. The van der Waals surface area contributed by atoms with Gasteiger partial charge in [-0.1, -0.05) is 6.92 Å². The predicted molar refractivity (Wildman–Crippen MR) is 81.0 cm³/mol. The van der Waals surface area contributed by atoms with Crippen molar-refractivity contribution in [2.75, 3.05) is 12.3 Å². The van der Waals surface area contributed by atoms with Gasteiger partial charge in [0.2, 0.25) is 5.95 Å². The van der Waals surface area contributed by atoms with Crippen LogP contribution < -0.4 is 5.73 Å². The maximum atomic E-state index is 11.4. The minimum atomic E-state index is -0.627. The van der Waals surface area contributed by atoms with E-state index in [0.717, 1.165) is 0 Å². The molecule has 2 heterocycles. The molecule has 2 N–H and O–H groups in total. The topological polar surface area (TPSA) is 122 Å². The number of hydrogen-bond donors (Lipinski definition) is 1. The van der Waals surface area contributed by atoms with Gasteiger partial charge in [0, 0.05) is 20.3 Å². The predicted octanol–water partition coefficient (Wildman–Crippen LogP) is 1.06. The lowest BCUT2D eigenvalue weighted by Gasteiger charge is -2.22. The number of carbonyl (C=O) groups excluding carboxylic acids is 2. The van der Waals surface area contributed by atoms with Crippen LogP contribution in [0.5, 0.6) is 0 Å². The van der Waals surface area contributed by atoms with Gasteiger partial charge in [-0.05, 0) is 5.92 Å². The lowest BCUT2D eigenvalue weighted by atomic mass is 10.1. The van der Waals surface area contributed by atoms with E-state index < -0.39 is 12.2 Å². The van der Waals surface area contributed by atoms with Crippen molar-refractivity contribution in [1.29, 1.82) is 0 Å². The zero-order valence-corrected chi connectivity index (χ0v) is 13.2. The van der Waals surface area contributed by atoms with Gasteiger partial charge >= 0.3 is 11.9 Å². The van der Waals surface area contributed by atoms with Crippen molar-refractivity contribution >= 4 is 29.1 Å². The fraction of sp³-hybridized carbons (Fsp3) is 0.500. The first-order valence-electron chi connectivity index (χ1n) is 7.12. The summed E-state index contributed by atoms with van der Waals surface area (Å²) in [6, 6.07) is 0. The number of nitrogens with two attached hydrogens (primary N) is 1. The third-order valence-corrected chi connectivity index (χ3v) is 3.12. The molecular weight excluding hydrogens is 302 g/mol. The monoisotopic (exact) mass is 321 g/mol. The second-order valence-electron chi connectivity index (χ2n) is 5.30. The van der Waals surface area contributed by atoms with E-state index in [1.54, 1.807) is 4.57 Å². The molecule has 9 nitrogen and oxygen atoms in total. The summed E-state index contributed by atoms with van der Waals surface area (Å²) in [4.78, 5) is 34.5. The summed E-state index contributed by atoms with van der Waals surface area (Å²) in [6.07, 6.45) is 2.83. The SMILES string of the molecule is CC(=O)OCC(C)CC(OC(C)=O)n1cnc2cnc(N)nc21. The highest BCUT2D eigenvalue weighted by atomic mass is 16.6. The zero-order chi connectivity index (χ0) is 17.0. The van der Waals surface area contributed by atoms with Crippen LogP contribution in [0.25, 0.3) is 11.2 Å². The Hall–Kier alpha value is -2.71. The fourth-order valence-corrected chi connectivity index (χ4v) is 2.13. The molecule has 2 aromatic heterocycles. The Balaban J connectivity index is 2.24. The first kappa shape index (κ1) is 16.7. The molecular formula is C14H19N5O4. The second-order valence-corrected chi connectivity index (χ2v) is 5.30. The van der Waals surface area contributed by atoms with Crippen LogP contribution in [0.15, 0.2) is 12.5 Å². The van der Waals surface area contributed by atoms with Crippen molar-refractivity contribution in [3.63, 3.8) is 0 Å². The Morgan fingerprint density at radius 1 is 1.30 bits per heavy atom. The van der Waals surface area contributed by atoms with Crippen molar-refractivity contribution in [2.45, 2.75) is 33.4 Å². The zero-order valence-electron chi connectivity index (χ0n) is 13.2. The van der Waals surface area contributed by atoms with Crippen LogP contribution >= 0.6 is 0 Å². The molecule has 2 rings (SSSR count). The number of anilines is 1. The maximum Gasteiger partial charge on any atom is 0.304 e. The number of nitrogen functional groups attached to an aromatic ring is 1. The van der Waals surface area contributed by atoms with E-state index in [1.807, 2.05) is 6.92 Å². The molecule has 9 heteroatoms. The minimum absolute atomic E-state index is 0.0279. The number of fused-ring (bicyclic) bond motifs is 1. The van der Waals surface area contributed by atoms with Crippen LogP contribution in [-0.4, -0.2) is 38.1 Å². The molecule has 0 fully saturated rings. The molecule has 124 valence electrons. The van der Waals surface area contributed by atoms with Crippen LogP contribution in [0.4, 0.5) is 5.95 Å². The van der Waals surface area contributed by atoms with Crippen molar-refractivity contribution in [2.24, 2.45) is 5.92 Å². The van der Waals surface area contributed by atoms with E-state index in [-0.39, 0.29) is 24.4 Å². The highest BCUT2D eigenvalue weighted by Crippen LogP contribution is 2.24. The summed E-state index contributed by atoms with van der Waals surface area (Å²) >= 11 is 0. The molecule has 2 aromatic rings. The number of imidazole rings is 1. The highest BCUT2D eigenvalue weighted by Gasteiger charge is 2.21. The number of esters is 2. The van der Waals surface area contributed by atoms with E-state index in [0.29, 0.717) is 17.6 Å². The first-order chi connectivity index (χ1) is 10.9. The minimum Gasteiger partial charge on any atom is -0.466 e. The maximum absolute atomic E-state index is 11.4. The van der Waals surface area contributed by atoms with Crippen LogP contribution in [0.1, 0.15) is 33.4 Å². The van der Waals surface area contributed by atoms with Gasteiger partial charge in [-0.15, -0.1) is 0 Å². The average molecular weight is 321 g/mol. The van der Waals surface area contributed by atoms with Gasteiger partial charge in [0.05, 0.1) is 12.8 Å². The fourth-order valence-electron chi connectivity index (χ4n) is 2.13. The third-order valence-electron chi connectivity index (χ3n) is 3.12. The summed E-state index contributed by atoms with van der Waals surface area (Å²) < 4.78 is 12.0. The number of nitrogens with zero attached hydrogens (tertiary/aromatic N) is 4. The normalized spacial score (nSPS) is 13.5. The van der Waals surface area contributed by atoms with E-state index >= 15 is 0 Å². The van der Waals surface area contributed by atoms with Gasteiger partial charge < -0.3 is 15.2 Å². The largest absolute Gasteiger partial charge is 0.466 e. The molecule has 0 spiro atoms. The molecule has 23 heavy (non-hydrogen) atoms. The number of hydrogen-bond acceptors (Lipinski definition) is 8. The molecule has 2 atom stereocenters. The summed E-state index contributed by atoms with van der Waals surface area (Å²) in [6.45, 7) is 4.80. The van der Waals surface area contributed by atoms with Crippen LogP contribution in [0.2, 0.25) is 0 Å². The molecule has 0 saturated carbocycles. The molecule has 0 radical (unpaired) electrons. The standard InChI is InChI=1S/C14H19N5O4/c1-8(6-22-9(2)20)4-12(23-10(3)21)19-7-17-11-5-16-14(15)18-13(11)19/h5,7-8,12H,4,6H2,1-3H3,(H2,15,16,18). The Labute approximate surface area is 132 Å². The summed E-state index contributed by atoms with van der Waals surface area (Å²) in [5.74, 6) is -0.707. The Morgan fingerprint density at radius 2 is 2.04 bits per heavy atom. The smallest absolute Gasteiger partial charge is 0.304 e. The van der Waals surface area contributed by atoms with Gasteiger partial charge in [-0.2, -0.15) is 4.98 Å². The van der Waals surface area contributed by atoms with Gasteiger partial charge in [-0.3, -0.25) is 14.2 Å². The van der Waals surface area contributed by atoms with Crippen LogP contribution in [0, 0.1) is 5.92 Å². The van der Waals surface area contributed by atoms with Crippen molar-refractivity contribution < 1.29 is 19.1 Å². The average Bonchev–Trinajstić information content (AvgIpc) is 2.86. The van der Waals surface area contributed by atoms with Crippen LogP contribution in [0.3, 0.4) is 0 Å². The number of carbonyl (C=O) groups is 2. The molecule has 0 saturated heterocycles. The van der Waals surface area contributed by atoms with Gasteiger partial charge in [0.1, 0.15) is 11.8 Å². The Morgan fingerprint density at radius 3 is 2.70 bits per heavy atom. The number of ether oxygens (including phenoxy) is 2.